The van der Waals surface area contributed by atoms with E-state index in [0.29, 0.717) is 12.1 Å². The molecule has 0 bridgehead atoms. The summed E-state index contributed by atoms with van der Waals surface area (Å²) in [6.45, 7) is 2.35. The number of nitrogens with zero attached hydrogens (tertiary/aromatic N) is 3. The molecule has 0 amide bonds. The van der Waals surface area contributed by atoms with Crippen molar-refractivity contribution in [2.75, 3.05) is 0 Å². The molecule has 25 heavy (non-hydrogen) atoms. The fourth-order valence-electron chi connectivity index (χ4n) is 2.38. The van der Waals surface area contributed by atoms with Crippen LogP contribution < -0.4 is 5.56 Å². The molecule has 0 fully saturated rings. The number of para-hydroxylation sites is 1. The summed E-state index contributed by atoms with van der Waals surface area (Å²) in [5, 5.41) is 5.22. The molecule has 0 saturated heterocycles. The molecular formula is C18H16ClN3O3. The van der Waals surface area contributed by atoms with Crippen LogP contribution >= 0.6 is 11.6 Å². The first-order valence-corrected chi connectivity index (χ1v) is 8.25. The van der Waals surface area contributed by atoms with Gasteiger partial charge in [-0.1, -0.05) is 36.7 Å². The molecule has 2 heterocycles. The zero-order valence-corrected chi connectivity index (χ0v) is 14.4. The summed E-state index contributed by atoms with van der Waals surface area (Å²) in [6.07, 6.45) is 0.740. The van der Waals surface area contributed by atoms with Gasteiger partial charge in [-0.2, -0.15) is 5.10 Å². The lowest BCUT2D eigenvalue weighted by atomic mass is 10.2. The van der Waals surface area contributed by atoms with E-state index in [9.17, 15) is 9.59 Å². The number of esters is 1. The average Bonchev–Trinajstić information content (AvgIpc) is 2.61. The molecule has 0 N–H and O–H groups in total. The third-order valence-electron chi connectivity index (χ3n) is 3.62. The molecule has 3 rings (SSSR count). The highest BCUT2D eigenvalue weighted by atomic mass is 35.5. The van der Waals surface area contributed by atoms with Crippen LogP contribution in [-0.4, -0.2) is 20.7 Å². The van der Waals surface area contributed by atoms with Crippen LogP contribution in [-0.2, 0) is 17.9 Å². The van der Waals surface area contributed by atoms with Crippen LogP contribution in [0.2, 0.25) is 5.15 Å². The zero-order chi connectivity index (χ0) is 17.8. The lowest BCUT2D eigenvalue weighted by Gasteiger charge is -2.08. The number of aromatic nitrogens is 3. The Balaban J connectivity index is 1.77. The molecule has 128 valence electrons. The molecular weight excluding hydrogens is 342 g/mol. The molecule has 0 spiro atoms. The largest absolute Gasteiger partial charge is 0.456 e. The minimum atomic E-state index is -0.617. The van der Waals surface area contributed by atoms with Gasteiger partial charge in [-0.05, 0) is 24.6 Å². The fourth-order valence-corrected chi connectivity index (χ4v) is 2.58. The van der Waals surface area contributed by atoms with Gasteiger partial charge < -0.3 is 4.74 Å². The Morgan fingerprint density at radius 1 is 1.24 bits per heavy atom. The SMILES string of the molecule is CCCn1nc(C(=O)OCc2cc3ccccc3nc2Cl)ccc1=O. The summed E-state index contributed by atoms with van der Waals surface area (Å²) in [5.74, 6) is -0.617. The number of carbonyl (C=O) groups excluding carboxylic acids is 1. The number of hydrogen-bond acceptors (Lipinski definition) is 5. The molecule has 0 radical (unpaired) electrons. The Hall–Kier alpha value is -2.73. The van der Waals surface area contributed by atoms with Crippen molar-refractivity contribution in [3.8, 4) is 0 Å². The van der Waals surface area contributed by atoms with E-state index in [-0.39, 0.29) is 23.0 Å². The molecule has 0 aliphatic rings. The number of rotatable bonds is 5. The highest BCUT2D eigenvalue weighted by Gasteiger charge is 2.13. The molecule has 0 saturated carbocycles. The first-order valence-electron chi connectivity index (χ1n) is 7.88. The molecule has 0 unspecified atom stereocenters. The smallest absolute Gasteiger partial charge is 0.359 e. The van der Waals surface area contributed by atoms with Crippen molar-refractivity contribution < 1.29 is 9.53 Å². The first-order chi connectivity index (χ1) is 12.1. The minimum absolute atomic E-state index is 0.0237. The summed E-state index contributed by atoms with van der Waals surface area (Å²) in [7, 11) is 0. The molecule has 6 nitrogen and oxygen atoms in total. The topological polar surface area (TPSA) is 74.1 Å². The van der Waals surface area contributed by atoms with E-state index in [2.05, 4.69) is 10.1 Å². The maximum atomic E-state index is 12.2. The van der Waals surface area contributed by atoms with Gasteiger partial charge in [-0.3, -0.25) is 4.79 Å². The van der Waals surface area contributed by atoms with Gasteiger partial charge in [-0.15, -0.1) is 0 Å². The number of benzene rings is 1. The predicted molar refractivity (Wildman–Crippen MR) is 94.7 cm³/mol. The van der Waals surface area contributed by atoms with E-state index in [1.165, 1.54) is 16.8 Å². The molecule has 0 atom stereocenters. The second-order valence-electron chi connectivity index (χ2n) is 5.49. The Morgan fingerprint density at radius 3 is 2.84 bits per heavy atom. The lowest BCUT2D eigenvalue weighted by molar-refractivity contribution is 0.0462. The molecule has 0 aliphatic heterocycles. The highest BCUT2D eigenvalue weighted by molar-refractivity contribution is 6.30. The Bertz CT molecular complexity index is 985. The summed E-state index contributed by atoms with van der Waals surface area (Å²) < 4.78 is 6.53. The number of ether oxygens (including phenoxy) is 1. The summed E-state index contributed by atoms with van der Waals surface area (Å²) in [5.41, 5.74) is 1.21. The van der Waals surface area contributed by atoms with Crippen molar-refractivity contribution in [1.29, 1.82) is 0 Å². The average molecular weight is 358 g/mol. The lowest BCUT2D eigenvalue weighted by Crippen LogP contribution is -2.24. The number of aryl methyl sites for hydroxylation is 1. The predicted octanol–water partition coefficient (Wildman–Crippen LogP) is 3.21. The second kappa shape index (κ2) is 7.44. The number of carbonyl (C=O) groups is 1. The van der Waals surface area contributed by atoms with Gasteiger partial charge in [0.25, 0.3) is 5.56 Å². The normalized spacial score (nSPS) is 10.8. The molecule has 7 heteroatoms. The van der Waals surface area contributed by atoms with Crippen LogP contribution in [0.25, 0.3) is 10.9 Å². The van der Waals surface area contributed by atoms with Crippen molar-refractivity contribution in [1.82, 2.24) is 14.8 Å². The van der Waals surface area contributed by atoms with Crippen molar-refractivity contribution >= 4 is 28.5 Å². The number of hydrogen-bond donors (Lipinski definition) is 0. The van der Waals surface area contributed by atoms with Crippen molar-refractivity contribution in [3.63, 3.8) is 0 Å². The third kappa shape index (κ3) is 3.85. The van der Waals surface area contributed by atoms with Crippen molar-refractivity contribution in [2.45, 2.75) is 26.5 Å². The third-order valence-corrected chi connectivity index (χ3v) is 3.95. The zero-order valence-electron chi connectivity index (χ0n) is 13.6. The maximum absolute atomic E-state index is 12.2. The molecule has 0 aliphatic carbocycles. The Labute approximate surface area is 149 Å². The van der Waals surface area contributed by atoms with E-state index in [4.69, 9.17) is 16.3 Å². The van der Waals surface area contributed by atoms with Gasteiger partial charge >= 0.3 is 5.97 Å². The molecule has 2 aromatic heterocycles. The highest BCUT2D eigenvalue weighted by Crippen LogP contribution is 2.21. The van der Waals surface area contributed by atoms with Gasteiger partial charge in [-0.25, -0.2) is 14.5 Å². The van der Waals surface area contributed by atoms with Crippen molar-refractivity contribution in [3.05, 3.63) is 69.2 Å². The van der Waals surface area contributed by atoms with Crippen molar-refractivity contribution in [2.24, 2.45) is 0 Å². The second-order valence-corrected chi connectivity index (χ2v) is 5.85. The van der Waals surface area contributed by atoms with E-state index in [1.807, 2.05) is 37.3 Å². The van der Waals surface area contributed by atoms with Gasteiger partial charge in [0.15, 0.2) is 5.69 Å². The van der Waals surface area contributed by atoms with Crippen LogP contribution in [0.3, 0.4) is 0 Å². The van der Waals surface area contributed by atoms with E-state index >= 15 is 0 Å². The standard InChI is InChI=1S/C18H16ClN3O3/c1-2-9-22-16(23)8-7-15(21-22)18(24)25-11-13-10-12-5-3-4-6-14(12)20-17(13)19/h3-8,10H,2,9,11H2,1H3. The molecule has 3 aromatic rings. The van der Waals surface area contributed by atoms with Gasteiger partial charge in [0.05, 0.1) is 5.52 Å². The number of halogens is 1. The van der Waals surface area contributed by atoms with Gasteiger partial charge in [0, 0.05) is 23.6 Å². The number of fused-ring (bicyclic) bond motifs is 1. The maximum Gasteiger partial charge on any atom is 0.359 e. The van der Waals surface area contributed by atoms with Crippen LogP contribution in [0.5, 0.6) is 0 Å². The van der Waals surface area contributed by atoms with Crippen LogP contribution in [0.1, 0.15) is 29.4 Å². The quantitative estimate of drug-likeness (QED) is 0.517. The van der Waals surface area contributed by atoms with Crippen LogP contribution in [0, 0.1) is 0 Å². The number of pyridine rings is 1. The van der Waals surface area contributed by atoms with Crippen LogP contribution in [0.15, 0.2) is 47.3 Å². The summed E-state index contributed by atoms with van der Waals surface area (Å²) >= 11 is 6.16. The Kier molecular flexibility index (Phi) is 5.09. The van der Waals surface area contributed by atoms with E-state index < -0.39 is 5.97 Å². The van der Waals surface area contributed by atoms with Gasteiger partial charge in [0.2, 0.25) is 0 Å². The van der Waals surface area contributed by atoms with E-state index in [1.54, 1.807) is 0 Å². The minimum Gasteiger partial charge on any atom is -0.456 e. The monoisotopic (exact) mass is 357 g/mol. The molecule has 1 aromatic carbocycles. The first kappa shape index (κ1) is 17.1. The summed E-state index contributed by atoms with van der Waals surface area (Å²) in [4.78, 5) is 28.1. The fraction of sp³-hybridized carbons (Fsp3) is 0.222. The van der Waals surface area contributed by atoms with E-state index in [0.717, 1.165) is 17.3 Å². The van der Waals surface area contributed by atoms with Crippen LogP contribution in [0.4, 0.5) is 0 Å². The van der Waals surface area contributed by atoms with Gasteiger partial charge in [0.1, 0.15) is 11.8 Å². The Morgan fingerprint density at radius 2 is 2.04 bits per heavy atom. The summed E-state index contributed by atoms with van der Waals surface area (Å²) in [6, 6.07) is 12.0.